The molecule has 0 unspecified atom stereocenters. The van der Waals surface area contributed by atoms with Crippen molar-refractivity contribution in [2.24, 2.45) is 0 Å². The Morgan fingerprint density at radius 3 is 2.50 bits per heavy atom. The molecule has 2 aromatic rings. The monoisotopic (exact) mass is 364 g/mol. The molecule has 0 fully saturated rings. The molecule has 0 radical (unpaired) electrons. The van der Waals surface area contributed by atoms with Crippen LogP contribution in [-0.2, 0) is 10.0 Å². The largest absolute Gasteiger partial charge is 0.494 e. The van der Waals surface area contributed by atoms with E-state index in [0.717, 1.165) is 12.8 Å². The summed E-state index contributed by atoms with van der Waals surface area (Å²) >= 11 is 5.91. The van der Waals surface area contributed by atoms with Crippen LogP contribution >= 0.6 is 11.6 Å². The summed E-state index contributed by atoms with van der Waals surface area (Å²) in [6.07, 6.45) is 1.98. The van der Waals surface area contributed by atoms with Crippen molar-refractivity contribution in [3.8, 4) is 11.8 Å². The van der Waals surface area contributed by atoms with Crippen LogP contribution in [0.3, 0.4) is 0 Å². The molecule has 0 atom stereocenters. The molecular weight excluding hydrogens is 348 g/mol. The number of ether oxygens (including phenoxy) is 1. The van der Waals surface area contributed by atoms with Gasteiger partial charge < -0.3 is 4.74 Å². The number of hydrogen-bond donors (Lipinski definition) is 1. The number of hydrogen-bond acceptors (Lipinski definition) is 4. The predicted molar refractivity (Wildman–Crippen MR) is 93.8 cm³/mol. The van der Waals surface area contributed by atoms with Crippen LogP contribution in [0.2, 0.25) is 5.02 Å². The lowest BCUT2D eigenvalue weighted by molar-refractivity contribution is 0.309. The van der Waals surface area contributed by atoms with Crippen LogP contribution in [0.25, 0.3) is 0 Å². The second-order valence-electron chi connectivity index (χ2n) is 5.09. The van der Waals surface area contributed by atoms with E-state index < -0.39 is 10.0 Å². The number of nitrogens with one attached hydrogen (secondary N) is 1. The second-order valence-corrected chi connectivity index (χ2v) is 7.17. The minimum atomic E-state index is -3.74. The molecule has 24 heavy (non-hydrogen) atoms. The molecule has 7 heteroatoms. The van der Waals surface area contributed by atoms with Crippen molar-refractivity contribution in [2.45, 2.75) is 24.7 Å². The minimum Gasteiger partial charge on any atom is -0.494 e. The van der Waals surface area contributed by atoms with Crippen molar-refractivity contribution >= 4 is 27.3 Å². The summed E-state index contributed by atoms with van der Waals surface area (Å²) in [7, 11) is -3.74. The minimum absolute atomic E-state index is 0.117. The van der Waals surface area contributed by atoms with Crippen molar-refractivity contribution in [1.29, 1.82) is 5.26 Å². The maximum absolute atomic E-state index is 12.4. The van der Waals surface area contributed by atoms with Gasteiger partial charge in [0, 0.05) is 0 Å². The molecule has 0 aromatic heterocycles. The van der Waals surface area contributed by atoms with Gasteiger partial charge in [0.15, 0.2) is 0 Å². The lowest BCUT2D eigenvalue weighted by Gasteiger charge is -2.10. The normalized spacial score (nSPS) is 10.9. The number of unbranched alkanes of at least 4 members (excludes halogenated alkanes) is 1. The number of sulfonamides is 1. The van der Waals surface area contributed by atoms with E-state index in [9.17, 15) is 8.42 Å². The van der Waals surface area contributed by atoms with Gasteiger partial charge in [-0.1, -0.05) is 24.9 Å². The van der Waals surface area contributed by atoms with Gasteiger partial charge in [-0.25, -0.2) is 8.42 Å². The summed E-state index contributed by atoms with van der Waals surface area (Å²) in [6, 6.07) is 12.5. The summed E-state index contributed by atoms with van der Waals surface area (Å²) in [4.78, 5) is 0.117. The Morgan fingerprint density at radius 1 is 1.21 bits per heavy atom. The third-order valence-corrected chi connectivity index (χ3v) is 4.95. The Morgan fingerprint density at radius 2 is 1.92 bits per heavy atom. The topological polar surface area (TPSA) is 79.2 Å². The lowest BCUT2D eigenvalue weighted by Crippen LogP contribution is -2.13. The highest BCUT2D eigenvalue weighted by Crippen LogP contribution is 2.23. The first-order valence-corrected chi connectivity index (χ1v) is 9.27. The number of nitriles is 1. The molecule has 0 amide bonds. The van der Waals surface area contributed by atoms with E-state index in [1.54, 1.807) is 12.1 Å². The Bertz CT molecular complexity index is 843. The maximum atomic E-state index is 12.4. The van der Waals surface area contributed by atoms with Crippen molar-refractivity contribution in [3.63, 3.8) is 0 Å². The number of benzene rings is 2. The summed E-state index contributed by atoms with van der Waals surface area (Å²) in [5.74, 6) is 0.629. The molecule has 5 nitrogen and oxygen atoms in total. The molecule has 126 valence electrons. The predicted octanol–water partition coefficient (Wildman–Crippen LogP) is 4.19. The third-order valence-electron chi connectivity index (χ3n) is 3.24. The van der Waals surface area contributed by atoms with Gasteiger partial charge in [-0.3, -0.25) is 4.72 Å². The zero-order valence-corrected chi connectivity index (χ0v) is 14.7. The zero-order valence-electron chi connectivity index (χ0n) is 13.1. The molecule has 0 spiro atoms. The van der Waals surface area contributed by atoms with Crippen LogP contribution in [0, 0.1) is 11.3 Å². The number of anilines is 1. The van der Waals surface area contributed by atoms with Gasteiger partial charge in [0.2, 0.25) is 0 Å². The van der Waals surface area contributed by atoms with Crippen molar-refractivity contribution in [3.05, 3.63) is 53.1 Å². The Hall–Kier alpha value is -2.23. The first kappa shape index (κ1) is 18.1. The Balaban J connectivity index is 2.12. The van der Waals surface area contributed by atoms with Crippen LogP contribution in [0.5, 0.6) is 5.75 Å². The van der Waals surface area contributed by atoms with Gasteiger partial charge in [-0.05, 0) is 48.9 Å². The fourth-order valence-corrected chi connectivity index (χ4v) is 3.21. The molecule has 0 aliphatic rings. The van der Waals surface area contributed by atoms with Gasteiger partial charge in [-0.2, -0.15) is 5.26 Å². The number of rotatable bonds is 7. The van der Waals surface area contributed by atoms with Crippen LogP contribution < -0.4 is 9.46 Å². The van der Waals surface area contributed by atoms with Gasteiger partial charge in [0.1, 0.15) is 11.8 Å². The smallest absolute Gasteiger partial charge is 0.261 e. The molecule has 0 saturated carbocycles. The highest BCUT2D eigenvalue weighted by Gasteiger charge is 2.15. The van der Waals surface area contributed by atoms with E-state index in [1.807, 2.05) is 6.07 Å². The van der Waals surface area contributed by atoms with Crippen molar-refractivity contribution in [2.75, 3.05) is 11.3 Å². The first-order chi connectivity index (χ1) is 11.5. The zero-order chi connectivity index (χ0) is 17.6. The van der Waals surface area contributed by atoms with Crippen LogP contribution in [0.1, 0.15) is 25.3 Å². The van der Waals surface area contributed by atoms with E-state index in [-0.39, 0.29) is 15.5 Å². The average Bonchev–Trinajstić information content (AvgIpc) is 2.55. The maximum Gasteiger partial charge on any atom is 0.261 e. The number of halogens is 1. The Kier molecular flexibility index (Phi) is 6.07. The molecule has 0 aliphatic carbocycles. The van der Waals surface area contributed by atoms with Gasteiger partial charge >= 0.3 is 0 Å². The van der Waals surface area contributed by atoms with E-state index in [1.165, 1.54) is 30.3 Å². The molecule has 2 rings (SSSR count). The standard InChI is InChI=1S/C17H17ClN2O3S/c1-2-3-10-23-15-6-8-16(9-7-15)24(21,22)20-14-5-4-13(12-19)17(18)11-14/h4-9,11,20H,2-3,10H2,1H3. The summed E-state index contributed by atoms with van der Waals surface area (Å²) < 4.78 is 32.7. The molecule has 1 N–H and O–H groups in total. The quantitative estimate of drug-likeness (QED) is 0.747. The summed E-state index contributed by atoms with van der Waals surface area (Å²) in [5.41, 5.74) is 0.579. The SMILES string of the molecule is CCCCOc1ccc(S(=O)(=O)Nc2ccc(C#N)c(Cl)c2)cc1. The lowest BCUT2D eigenvalue weighted by atomic mass is 10.2. The molecule has 0 bridgehead atoms. The first-order valence-electron chi connectivity index (χ1n) is 7.41. The molecule has 0 saturated heterocycles. The van der Waals surface area contributed by atoms with E-state index in [2.05, 4.69) is 11.6 Å². The summed E-state index contributed by atoms with van der Waals surface area (Å²) in [5, 5.41) is 9.03. The van der Waals surface area contributed by atoms with Crippen molar-refractivity contribution in [1.82, 2.24) is 0 Å². The van der Waals surface area contributed by atoms with Gasteiger partial charge in [0.05, 0.1) is 27.8 Å². The fraction of sp³-hybridized carbons (Fsp3) is 0.235. The third kappa shape index (κ3) is 4.63. The highest BCUT2D eigenvalue weighted by atomic mass is 35.5. The van der Waals surface area contributed by atoms with Crippen molar-refractivity contribution < 1.29 is 13.2 Å². The fourth-order valence-electron chi connectivity index (χ4n) is 1.93. The molecule has 0 aliphatic heterocycles. The molecule has 0 heterocycles. The van der Waals surface area contributed by atoms with Gasteiger partial charge in [-0.15, -0.1) is 0 Å². The second kappa shape index (κ2) is 8.04. The van der Waals surface area contributed by atoms with Crippen LogP contribution in [-0.4, -0.2) is 15.0 Å². The highest BCUT2D eigenvalue weighted by molar-refractivity contribution is 7.92. The molecular formula is C17H17ClN2O3S. The van der Waals surface area contributed by atoms with Crippen LogP contribution in [0.4, 0.5) is 5.69 Å². The average molecular weight is 365 g/mol. The van der Waals surface area contributed by atoms with E-state index in [4.69, 9.17) is 21.6 Å². The Labute approximate surface area is 146 Å². The van der Waals surface area contributed by atoms with Crippen LogP contribution in [0.15, 0.2) is 47.4 Å². The van der Waals surface area contributed by atoms with E-state index >= 15 is 0 Å². The molecule has 2 aromatic carbocycles. The number of nitrogens with zero attached hydrogens (tertiary/aromatic N) is 1. The summed E-state index contributed by atoms with van der Waals surface area (Å²) in [6.45, 7) is 2.67. The van der Waals surface area contributed by atoms with E-state index in [0.29, 0.717) is 18.0 Å². The van der Waals surface area contributed by atoms with Gasteiger partial charge in [0.25, 0.3) is 10.0 Å².